The third kappa shape index (κ3) is 1.16. The molecule has 3 saturated carbocycles. The summed E-state index contributed by atoms with van der Waals surface area (Å²) in [5.74, 6) is 3.66. The van der Waals surface area contributed by atoms with Crippen LogP contribution in [-0.2, 0) is 0 Å². The second-order valence-corrected chi connectivity index (χ2v) is 5.40. The molecule has 0 amide bonds. The Bertz CT molecular complexity index is 201. The van der Waals surface area contributed by atoms with E-state index in [9.17, 15) is 5.11 Å². The van der Waals surface area contributed by atoms with Gasteiger partial charge in [0.2, 0.25) is 0 Å². The van der Waals surface area contributed by atoms with Gasteiger partial charge in [0.1, 0.15) is 0 Å². The van der Waals surface area contributed by atoms with Crippen LogP contribution in [0.4, 0.5) is 0 Å². The maximum atomic E-state index is 9.84. The molecule has 13 heavy (non-hydrogen) atoms. The van der Waals surface area contributed by atoms with Crippen LogP contribution in [0.25, 0.3) is 0 Å². The molecule has 0 saturated heterocycles. The van der Waals surface area contributed by atoms with Gasteiger partial charge in [0, 0.05) is 0 Å². The molecular weight excluding hydrogens is 160 g/mol. The first kappa shape index (κ1) is 8.28. The molecule has 0 bridgehead atoms. The van der Waals surface area contributed by atoms with E-state index in [2.05, 4.69) is 0 Å². The molecule has 3 aliphatic rings. The van der Waals surface area contributed by atoms with Crippen LogP contribution in [0.2, 0.25) is 0 Å². The first-order valence-corrected chi connectivity index (χ1v) is 6.04. The lowest BCUT2D eigenvalue weighted by atomic mass is 9.69. The van der Waals surface area contributed by atoms with Gasteiger partial charge in [-0.15, -0.1) is 0 Å². The van der Waals surface area contributed by atoms with Crippen LogP contribution in [0.1, 0.15) is 44.9 Å². The van der Waals surface area contributed by atoms with E-state index in [-0.39, 0.29) is 6.10 Å². The molecular formula is C12H20O. The molecule has 0 heterocycles. The normalized spacial score (nSPS) is 54.7. The molecule has 0 spiro atoms. The van der Waals surface area contributed by atoms with Crippen LogP contribution in [-0.4, -0.2) is 11.2 Å². The Morgan fingerprint density at radius 1 is 0.692 bits per heavy atom. The van der Waals surface area contributed by atoms with Crippen molar-refractivity contribution in [1.29, 1.82) is 0 Å². The van der Waals surface area contributed by atoms with Crippen molar-refractivity contribution in [3.8, 4) is 0 Å². The highest BCUT2D eigenvalue weighted by molar-refractivity contribution is 4.96. The Kier molecular flexibility index (Phi) is 1.90. The molecule has 5 atom stereocenters. The van der Waals surface area contributed by atoms with Crippen molar-refractivity contribution in [2.45, 2.75) is 51.0 Å². The van der Waals surface area contributed by atoms with E-state index in [1.54, 1.807) is 0 Å². The van der Waals surface area contributed by atoms with Gasteiger partial charge in [-0.05, 0) is 55.8 Å². The Balaban J connectivity index is 1.81. The monoisotopic (exact) mass is 180 g/mol. The van der Waals surface area contributed by atoms with Crippen molar-refractivity contribution in [2.24, 2.45) is 23.7 Å². The third-order valence-electron chi connectivity index (χ3n) is 4.98. The molecule has 1 nitrogen and oxygen atoms in total. The van der Waals surface area contributed by atoms with Gasteiger partial charge >= 0.3 is 0 Å². The summed E-state index contributed by atoms with van der Waals surface area (Å²) in [5.41, 5.74) is 0. The van der Waals surface area contributed by atoms with Gasteiger partial charge in [-0.2, -0.15) is 0 Å². The van der Waals surface area contributed by atoms with Crippen molar-refractivity contribution in [2.75, 3.05) is 0 Å². The van der Waals surface area contributed by atoms with Crippen molar-refractivity contribution in [3.05, 3.63) is 0 Å². The summed E-state index contributed by atoms with van der Waals surface area (Å²) >= 11 is 0. The first-order valence-electron chi connectivity index (χ1n) is 6.04. The number of hydrogen-bond acceptors (Lipinski definition) is 1. The molecule has 3 rings (SSSR count). The summed E-state index contributed by atoms with van der Waals surface area (Å²) in [6.07, 6.45) is 9.66. The summed E-state index contributed by atoms with van der Waals surface area (Å²) < 4.78 is 0. The van der Waals surface area contributed by atoms with Crippen LogP contribution < -0.4 is 0 Å². The molecule has 0 aliphatic heterocycles. The number of aliphatic hydroxyl groups is 1. The molecule has 1 heteroatoms. The van der Waals surface area contributed by atoms with Crippen molar-refractivity contribution in [3.63, 3.8) is 0 Å². The maximum Gasteiger partial charge on any atom is 0.0571 e. The highest BCUT2D eigenvalue weighted by atomic mass is 16.3. The fourth-order valence-electron chi connectivity index (χ4n) is 4.41. The molecule has 0 radical (unpaired) electrons. The first-order chi connectivity index (χ1) is 6.36. The lowest BCUT2D eigenvalue weighted by molar-refractivity contribution is 0.0551. The summed E-state index contributed by atoms with van der Waals surface area (Å²) in [4.78, 5) is 0. The smallest absolute Gasteiger partial charge is 0.0571 e. The molecule has 3 aliphatic carbocycles. The van der Waals surface area contributed by atoms with E-state index < -0.39 is 0 Å². The summed E-state index contributed by atoms with van der Waals surface area (Å²) in [7, 11) is 0. The number of rotatable bonds is 0. The van der Waals surface area contributed by atoms with Crippen LogP contribution in [0.15, 0.2) is 0 Å². The van der Waals surface area contributed by atoms with E-state index in [1.807, 2.05) is 0 Å². The average molecular weight is 180 g/mol. The van der Waals surface area contributed by atoms with E-state index in [1.165, 1.54) is 38.5 Å². The second-order valence-electron chi connectivity index (χ2n) is 5.40. The summed E-state index contributed by atoms with van der Waals surface area (Å²) in [6, 6.07) is 0. The van der Waals surface area contributed by atoms with Gasteiger partial charge in [0.05, 0.1) is 6.10 Å². The predicted octanol–water partition coefficient (Wildman–Crippen LogP) is 2.58. The summed E-state index contributed by atoms with van der Waals surface area (Å²) in [5, 5.41) is 9.84. The van der Waals surface area contributed by atoms with E-state index in [0.29, 0.717) is 5.92 Å². The lowest BCUT2D eigenvalue weighted by Gasteiger charge is -2.37. The van der Waals surface area contributed by atoms with Gasteiger partial charge in [-0.3, -0.25) is 0 Å². The summed E-state index contributed by atoms with van der Waals surface area (Å²) in [6.45, 7) is 0. The van der Waals surface area contributed by atoms with Crippen LogP contribution >= 0.6 is 0 Å². The van der Waals surface area contributed by atoms with Crippen molar-refractivity contribution < 1.29 is 5.11 Å². The Morgan fingerprint density at radius 3 is 2.46 bits per heavy atom. The van der Waals surface area contributed by atoms with Crippen molar-refractivity contribution in [1.82, 2.24) is 0 Å². The zero-order chi connectivity index (χ0) is 8.84. The zero-order valence-corrected chi connectivity index (χ0v) is 8.28. The van der Waals surface area contributed by atoms with Gasteiger partial charge < -0.3 is 5.11 Å². The van der Waals surface area contributed by atoms with Crippen LogP contribution in [0.5, 0.6) is 0 Å². The van der Waals surface area contributed by atoms with E-state index in [4.69, 9.17) is 0 Å². The van der Waals surface area contributed by atoms with Crippen LogP contribution in [0, 0.1) is 23.7 Å². The largest absolute Gasteiger partial charge is 0.393 e. The SMILES string of the molecule is OC1CCC2C1CCC1CCCC12. The van der Waals surface area contributed by atoms with E-state index in [0.717, 1.165) is 24.2 Å². The highest BCUT2D eigenvalue weighted by Crippen LogP contribution is 2.53. The molecule has 5 unspecified atom stereocenters. The predicted molar refractivity (Wildman–Crippen MR) is 52.3 cm³/mol. The van der Waals surface area contributed by atoms with Crippen LogP contribution in [0.3, 0.4) is 0 Å². The average Bonchev–Trinajstić information content (AvgIpc) is 2.70. The fourth-order valence-corrected chi connectivity index (χ4v) is 4.41. The minimum atomic E-state index is 0.0616. The van der Waals surface area contributed by atoms with Gasteiger partial charge in [0.25, 0.3) is 0 Å². The second kappa shape index (κ2) is 2.98. The Labute approximate surface area is 80.5 Å². The quantitative estimate of drug-likeness (QED) is 0.607. The fraction of sp³-hybridized carbons (Fsp3) is 1.00. The van der Waals surface area contributed by atoms with Gasteiger partial charge in [0.15, 0.2) is 0 Å². The van der Waals surface area contributed by atoms with Crippen molar-refractivity contribution >= 4 is 0 Å². The van der Waals surface area contributed by atoms with E-state index >= 15 is 0 Å². The number of fused-ring (bicyclic) bond motifs is 3. The molecule has 74 valence electrons. The minimum absolute atomic E-state index is 0.0616. The Hall–Kier alpha value is -0.0400. The van der Waals surface area contributed by atoms with Gasteiger partial charge in [-0.25, -0.2) is 0 Å². The minimum Gasteiger partial charge on any atom is -0.393 e. The molecule has 3 fully saturated rings. The number of aliphatic hydroxyl groups excluding tert-OH is 1. The number of hydrogen-bond donors (Lipinski definition) is 1. The third-order valence-corrected chi connectivity index (χ3v) is 4.98. The molecule has 0 aromatic heterocycles. The highest BCUT2D eigenvalue weighted by Gasteiger charge is 2.46. The standard InChI is InChI=1S/C12H20O/c13-12-7-6-10-9-3-1-2-8(9)4-5-11(10)12/h8-13H,1-7H2. The topological polar surface area (TPSA) is 20.2 Å². The zero-order valence-electron chi connectivity index (χ0n) is 8.28. The lowest BCUT2D eigenvalue weighted by Crippen LogP contribution is -2.32. The Morgan fingerprint density at radius 2 is 1.54 bits per heavy atom. The molecule has 0 aromatic rings. The molecule has 1 N–H and O–H groups in total. The molecule has 0 aromatic carbocycles. The van der Waals surface area contributed by atoms with Gasteiger partial charge in [-0.1, -0.05) is 12.8 Å². The maximum absolute atomic E-state index is 9.84.